The van der Waals surface area contributed by atoms with Crippen LogP contribution in [-0.4, -0.2) is 69.6 Å². The third-order valence-electron chi connectivity index (χ3n) is 4.90. The van der Waals surface area contributed by atoms with E-state index in [1.165, 1.54) is 0 Å². The molecule has 0 aromatic carbocycles. The van der Waals surface area contributed by atoms with E-state index in [2.05, 4.69) is 10.6 Å². The Balaban J connectivity index is 4.65. The van der Waals surface area contributed by atoms with Crippen LogP contribution in [-0.2, 0) is 19.2 Å². The normalized spacial score (nSPS) is 17.1. The molecule has 0 radical (unpaired) electrons. The maximum atomic E-state index is 12.1. The summed E-state index contributed by atoms with van der Waals surface area (Å²) in [7, 11) is 2.17. The number of carbonyl (C=O) groups excluding carboxylic acids is 2. The van der Waals surface area contributed by atoms with Gasteiger partial charge in [0.2, 0.25) is 11.8 Å². The van der Waals surface area contributed by atoms with E-state index >= 15 is 0 Å². The zero-order valence-corrected chi connectivity index (χ0v) is 19.4. The van der Waals surface area contributed by atoms with Crippen LogP contribution in [0.15, 0.2) is 0 Å². The molecule has 0 unspecified atom stereocenters. The summed E-state index contributed by atoms with van der Waals surface area (Å²) < 4.78 is 0. The Morgan fingerprint density at radius 3 is 1.30 bits per heavy atom. The van der Waals surface area contributed by atoms with Crippen molar-refractivity contribution in [3.05, 3.63) is 0 Å². The highest BCUT2D eigenvalue weighted by atomic mass is 33.1. The second-order valence-electron chi connectivity index (χ2n) is 7.19. The van der Waals surface area contributed by atoms with E-state index in [0.717, 1.165) is 21.6 Å². The lowest BCUT2D eigenvalue weighted by Gasteiger charge is -2.22. The van der Waals surface area contributed by atoms with Gasteiger partial charge in [0.05, 0.1) is 12.1 Å². The van der Waals surface area contributed by atoms with Crippen LogP contribution >= 0.6 is 21.6 Å². The van der Waals surface area contributed by atoms with Gasteiger partial charge in [-0.1, -0.05) is 62.1 Å². The number of hydrogen-bond acceptors (Lipinski definition) is 8. The van der Waals surface area contributed by atoms with Gasteiger partial charge in [0.25, 0.3) is 0 Å². The first kappa shape index (κ1) is 28.5. The molecular weight excluding hydrogens is 432 g/mol. The number of carbonyl (C=O) groups is 4. The zero-order chi connectivity index (χ0) is 23.4. The van der Waals surface area contributed by atoms with Crippen molar-refractivity contribution in [3.8, 4) is 0 Å². The molecule has 0 aromatic rings. The molecule has 0 aliphatic rings. The lowest BCUT2D eigenvalue weighted by molar-refractivity contribution is -0.141. The fraction of sp³-hybridized carbons (Fsp3) is 0.778. The first-order valence-corrected chi connectivity index (χ1v) is 12.3. The predicted molar refractivity (Wildman–Crippen MR) is 119 cm³/mol. The molecule has 6 atom stereocenters. The number of carboxylic acids is 2. The van der Waals surface area contributed by atoms with Gasteiger partial charge < -0.3 is 32.3 Å². The van der Waals surface area contributed by atoms with Crippen LogP contribution in [0.2, 0.25) is 0 Å². The zero-order valence-electron chi connectivity index (χ0n) is 17.8. The van der Waals surface area contributed by atoms with Crippen molar-refractivity contribution in [2.75, 3.05) is 11.5 Å². The molecule has 0 fully saturated rings. The summed E-state index contributed by atoms with van der Waals surface area (Å²) in [6, 6.07) is -3.95. The fourth-order valence-corrected chi connectivity index (χ4v) is 4.45. The Hall–Kier alpha value is -1.50. The third-order valence-corrected chi connectivity index (χ3v) is 7.32. The van der Waals surface area contributed by atoms with Gasteiger partial charge in [-0.05, 0) is 11.8 Å². The molecule has 0 rings (SSSR count). The van der Waals surface area contributed by atoms with Crippen molar-refractivity contribution < 1.29 is 29.4 Å². The summed E-state index contributed by atoms with van der Waals surface area (Å²) in [4.78, 5) is 47.0. The number of rotatable bonds is 15. The average Bonchev–Trinajstić information content (AvgIpc) is 2.71. The summed E-state index contributed by atoms with van der Waals surface area (Å²) >= 11 is 0. The molecule has 10 nitrogen and oxygen atoms in total. The SMILES string of the molecule is CC[C@H](C)[C@H](N)C(=O)N[C@@H](CSSC[C@H](NC(=O)[C@@H](N)[C@@H](C)CC)C(=O)O)C(=O)O. The minimum absolute atomic E-state index is 0.00559. The molecule has 0 saturated heterocycles. The van der Waals surface area contributed by atoms with Gasteiger partial charge >= 0.3 is 11.9 Å². The Morgan fingerprint density at radius 2 is 1.07 bits per heavy atom. The Bertz CT molecular complexity index is 545. The second-order valence-corrected chi connectivity index (χ2v) is 9.74. The molecule has 8 N–H and O–H groups in total. The molecule has 0 saturated carbocycles. The number of aliphatic carboxylic acids is 2. The van der Waals surface area contributed by atoms with Crippen LogP contribution < -0.4 is 22.1 Å². The molecule has 0 aliphatic heterocycles. The number of amides is 2. The summed E-state index contributed by atoms with van der Waals surface area (Å²) in [6.07, 6.45) is 1.36. The maximum absolute atomic E-state index is 12.1. The number of hydrogen-bond donors (Lipinski definition) is 6. The van der Waals surface area contributed by atoms with Crippen molar-refractivity contribution in [1.29, 1.82) is 0 Å². The van der Waals surface area contributed by atoms with Crippen molar-refractivity contribution in [3.63, 3.8) is 0 Å². The smallest absolute Gasteiger partial charge is 0.327 e. The molecule has 0 heterocycles. The minimum Gasteiger partial charge on any atom is -0.480 e. The standard InChI is InChI=1S/C18H34N4O6S2/c1-5-9(3)13(19)15(23)21-11(17(25)26)7-29-30-8-12(18(27)28)22-16(24)14(20)10(4)6-2/h9-14H,5-8,19-20H2,1-4H3,(H,21,23)(H,22,24)(H,25,26)(H,27,28)/t9-,10-,11-,12-,13-,14-/m0/s1. The van der Waals surface area contributed by atoms with Crippen LogP contribution in [0.3, 0.4) is 0 Å². The molecule has 0 spiro atoms. The lowest BCUT2D eigenvalue weighted by Crippen LogP contribution is -2.51. The number of nitrogens with one attached hydrogen (secondary N) is 2. The van der Waals surface area contributed by atoms with Gasteiger partial charge in [-0.15, -0.1) is 0 Å². The average molecular weight is 467 g/mol. The van der Waals surface area contributed by atoms with E-state index in [1.54, 1.807) is 13.8 Å². The van der Waals surface area contributed by atoms with Crippen LogP contribution in [0, 0.1) is 11.8 Å². The Labute approximate surface area is 185 Å². The van der Waals surface area contributed by atoms with E-state index in [-0.39, 0.29) is 23.3 Å². The maximum Gasteiger partial charge on any atom is 0.327 e. The van der Waals surface area contributed by atoms with Crippen LogP contribution in [0.25, 0.3) is 0 Å². The summed E-state index contributed by atoms with van der Waals surface area (Å²) in [5.74, 6) is -3.69. The van der Waals surface area contributed by atoms with Crippen molar-refractivity contribution in [1.82, 2.24) is 10.6 Å². The highest BCUT2D eigenvalue weighted by molar-refractivity contribution is 8.76. The van der Waals surface area contributed by atoms with Crippen LogP contribution in [0.5, 0.6) is 0 Å². The highest BCUT2D eigenvalue weighted by Gasteiger charge is 2.28. The Kier molecular flexibility index (Phi) is 13.8. The van der Waals surface area contributed by atoms with Gasteiger partial charge in [-0.25, -0.2) is 9.59 Å². The minimum atomic E-state index is -1.21. The van der Waals surface area contributed by atoms with Gasteiger partial charge in [-0.3, -0.25) is 9.59 Å². The van der Waals surface area contributed by atoms with E-state index in [9.17, 15) is 29.4 Å². The second kappa shape index (κ2) is 14.5. The quantitative estimate of drug-likeness (QED) is 0.144. The van der Waals surface area contributed by atoms with Gasteiger partial charge in [0, 0.05) is 11.5 Å². The van der Waals surface area contributed by atoms with Crippen molar-refractivity contribution >= 4 is 45.3 Å². The molecule has 0 bridgehead atoms. The van der Waals surface area contributed by atoms with E-state index in [0.29, 0.717) is 12.8 Å². The topological polar surface area (TPSA) is 185 Å². The first-order chi connectivity index (χ1) is 14.0. The highest BCUT2D eigenvalue weighted by Crippen LogP contribution is 2.23. The summed E-state index contributed by atoms with van der Waals surface area (Å²) in [5, 5.41) is 23.4. The molecule has 0 aliphatic carbocycles. The van der Waals surface area contributed by atoms with Gasteiger partial charge in [-0.2, -0.15) is 0 Å². The molecule has 2 amide bonds. The monoisotopic (exact) mass is 466 g/mol. The number of nitrogens with two attached hydrogens (primary N) is 2. The largest absolute Gasteiger partial charge is 0.480 e. The van der Waals surface area contributed by atoms with E-state index < -0.39 is 47.9 Å². The first-order valence-electron chi connectivity index (χ1n) is 9.78. The van der Waals surface area contributed by atoms with Crippen molar-refractivity contribution in [2.24, 2.45) is 23.3 Å². The summed E-state index contributed by atoms with van der Waals surface area (Å²) in [6.45, 7) is 7.37. The van der Waals surface area contributed by atoms with Crippen molar-refractivity contribution in [2.45, 2.75) is 64.7 Å². The predicted octanol–water partition coefficient (Wildman–Crippen LogP) is 0.253. The number of carboxylic acid groups (broad SMARTS) is 2. The molecule has 174 valence electrons. The van der Waals surface area contributed by atoms with Gasteiger partial charge in [0.1, 0.15) is 12.1 Å². The molecule has 0 aromatic heterocycles. The summed E-state index contributed by atoms with van der Waals surface area (Å²) in [5.41, 5.74) is 11.6. The molecule has 12 heteroatoms. The third kappa shape index (κ3) is 10.0. The fourth-order valence-electron chi connectivity index (χ4n) is 2.14. The van der Waals surface area contributed by atoms with E-state index in [4.69, 9.17) is 11.5 Å². The Morgan fingerprint density at radius 1 is 0.767 bits per heavy atom. The van der Waals surface area contributed by atoms with Crippen LogP contribution in [0.1, 0.15) is 40.5 Å². The van der Waals surface area contributed by atoms with E-state index in [1.807, 2.05) is 13.8 Å². The van der Waals surface area contributed by atoms with Gasteiger partial charge in [0.15, 0.2) is 0 Å². The lowest BCUT2D eigenvalue weighted by atomic mass is 9.99. The molecular formula is C18H34N4O6S2. The van der Waals surface area contributed by atoms with Crippen LogP contribution in [0.4, 0.5) is 0 Å². The molecule has 30 heavy (non-hydrogen) atoms.